The summed E-state index contributed by atoms with van der Waals surface area (Å²) in [5, 5.41) is 14.1. The van der Waals surface area contributed by atoms with E-state index in [1.807, 2.05) is 13.8 Å². The lowest BCUT2D eigenvalue weighted by Gasteiger charge is -2.15. The highest BCUT2D eigenvalue weighted by molar-refractivity contribution is 6.18. The van der Waals surface area contributed by atoms with Crippen molar-refractivity contribution in [2.75, 3.05) is 0 Å². The van der Waals surface area contributed by atoms with Crippen LogP contribution >= 0.6 is 0 Å². The molecule has 0 amide bonds. The number of hydrogen-bond donors (Lipinski definition) is 1. The maximum Gasteiger partial charge on any atom is 0.0624 e. The molecule has 0 heterocycles. The molecule has 0 aromatic heterocycles. The molecular formula is C48H45N. The van der Waals surface area contributed by atoms with Crippen LogP contribution in [0, 0.1) is 18.3 Å². The minimum absolute atomic E-state index is 0.510. The topological polar surface area (TPSA) is 23.9 Å². The van der Waals surface area contributed by atoms with E-state index in [0.29, 0.717) is 5.71 Å². The SMILES string of the molecule is C#C.CC.CC1=C(CCc2cccc(/C(=C/C(=N)c3cccc4ccccc34)c3cccc(-c4cccc5ccccc45)c3)c2)C=CCC1. The van der Waals surface area contributed by atoms with Gasteiger partial charge in [-0.25, -0.2) is 0 Å². The van der Waals surface area contributed by atoms with Crippen LogP contribution in [0.2, 0.25) is 0 Å². The van der Waals surface area contributed by atoms with E-state index < -0.39 is 0 Å². The fourth-order valence-electron chi connectivity index (χ4n) is 6.65. The molecule has 1 heteroatoms. The average molecular weight is 636 g/mol. The van der Waals surface area contributed by atoms with Crippen LogP contribution in [0.5, 0.6) is 0 Å². The van der Waals surface area contributed by atoms with Crippen LogP contribution in [0.3, 0.4) is 0 Å². The van der Waals surface area contributed by atoms with Gasteiger partial charge in [0.15, 0.2) is 0 Å². The van der Waals surface area contributed by atoms with Crippen molar-refractivity contribution in [2.24, 2.45) is 0 Å². The van der Waals surface area contributed by atoms with Gasteiger partial charge in [-0.1, -0.05) is 159 Å². The molecule has 0 unspecified atom stereocenters. The zero-order valence-corrected chi connectivity index (χ0v) is 28.9. The van der Waals surface area contributed by atoms with Crippen LogP contribution in [-0.4, -0.2) is 5.71 Å². The summed E-state index contributed by atoms with van der Waals surface area (Å²) >= 11 is 0. The van der Waals surface area contributed by atoms with Crippen molar-refractivity contribution in [3.63, 3.8) is 0 Å². The molecule has 7 rings (SSSR count). The second-order valence-corrected chi connectivity index (χ2v) is 12.1. The van der Waals surface area contributed by atoms with Gasteiger partial charge in [0.25, 0.3) is 0 Å². The third-order valence-electron chi connectivity index (χ3n) is 9.12. The number of hydrogen-bond acceptors (Lipinski definition) is 1. The van der Waals surface area contributed by atoms with E-state index in [0.717, 1.165) is 52.3 Å². The zero-order valence-electron chi connectivity index (χ0n) is 28.9. The third-order valence-corrected chi connectivity index (χ3v) is 9.12. The van der Waals surface area contributed by atoms with E-state index in [4.69, 9.17) is 0 Å². The van der Waals surface area contributed by atoms with Crippen LogP contribution in [0.1, 0.15) is 62.3 Å². The van der Waals surface area contributed by atoms with E-state index in [-0.39, 0.29) is 0 Å². The second kappa shape index (κ2) is 16.9. The molecular weight excluding hydrogens is 591 g/mol. The molecule has 1 aliphatic carbocycles. The van der Waals surface area contributed by atoms with Crippen molar-refractivity contribution in [2.45, 2.75) is 46.5 Å². The number of benzene rings is 6. The van der Waals surface area contributed by atoms with Gasteiger partial charge < -0.3 is 5.41 Å². The largest absolute Gasteiger partial charge is 0.300 e. The van der Waals surface area contributed by atoms with E-state index >= 15 is 0 Å². The normalized spacial score (nSPS) is 12.6. The van der Waals surface area contributed by atoms with Crippen molar-refractivity contribution >= 4 is 32.8 Å². The summed E-state index contributed by atoms with van der Waals surface area (Å²) in [6.07, 6.45) is 19.1. The third kappa shape index (κ3) is 8.06. The van der Waals surface area contributed by atoms with E-state index in [1.165, 1.54) is 45.0 Å². The Bertz CT molecular complexity index is 2180. The second-order valence-electron chi connectivity index (χ2n) is 12.1. The highest BCUT2D eigenvalue weighted by atomic mass is 14.4. The highest BCUT2D eigenvalue weighted by Crippen LogP contribution is 2.33. The van der Waals surface area contributed by atoms with Crippen molar-refractivity contribution in [1.29, 1.82) is 5.41 Å². The Hall–Kier alpha value is -5.71. The number of allylic oxidation sites excluding steroid dienone is 5. The van der Waals surface area contributed by atoms with E-state index in [9.17, 15) is 5.41 Å². The van der Waals surface area contributed by atoms with Crippen LogP contribution in [0.25, 0.3) is 38.2 Å². The highest BCUT2D eigenvalue weighted by Gasteiger charge is 2.13. The number of terminal acetylenes is 1. The minimum Gasteiger partial charge on any atom is -0.300 e. The summed E-state index contributed by atoms with van der Waals surface area (Å²) < 4.78 is 0. The lowest BCUT2D eigenvalue weighted by atomic mass is 9.89. The van der Waals surface area contributed by atoms with E-state index in [1.54, 1.807) is 0 Å². The lowest BCUT2D eigenvalue weighted by Crippen LogP contribution is -2.00. The predicted molar refractivity (Wildman–Crippen MR) is 214 cm³/mol. The summed E-state index contributed by atoms with van der Waals surface area (Å²) in [4.78, 5) is 0. The maximum atomic E-state index is 9.37. The van der Waals surface area contributed by atoms with Gasteiger partial charge in [0, 0.05) is 5.56 Å². The molecule has 0 spiro atoms. The first-order valence-corrected chi connectivity index (χ1v) is 17.3. The number of fused-ring (bicyclic) bond motifs is 2. The fraction of sp³-hybridized carbons (Fsp3) is 0.146. The first-order valence-electron chi connectivity index (χ1n) is 17.3. The van der Waals surface area contributed by atoms with Gasteiger partial charge in [0.1, 0.15) is 0 Å². The molecule has 1 nitrogen and oxygen atoms in total. The summed E-state index contributed by atoms with van der Waals surface area (Å²) in [6.45, 7) is 6.28. The molecule has 0 saturated carbocycles. The number of rotatable bonds is 8. The molecule has 6 aromatic carbocycles. The van der Waals surface area contributed by atoms with Crippen LogP contribution < -0.4 is 0 Å². The molecule has 242 valence electrons. The Morgan fingerprint density at radius 2 is 1.29 bits per heavy atom. The summed E-state index contributed by atoms with van der Waals surface area (Å²) in [6, 6.07) is 47.4. The summed E-state index contributed by atoms with van der Waals surface area (Å²) in [5.74, 6) is 0. The monoisotopic (exact) mass is 635 g/mol. The maximum absolute atomic E-state index is 9.37. The van der Waals surface area contributed by atoms with Crippen LogP contribution in [0.15, 0.2) is 163 Å². The van der Waals surface area contributed by atoms with Gasteiger partial charge in [-0.15, -0.1) is 12.8 Å². The summed E-state index contributed by atoms with van der Waals surface area (Å²) in [7, 11) is 0. The first-order chi connectivity index (χ1) is 24.1. The van der Waals surface area contributed by atoms with Crippen molar-refractivity contribution in [3.8, 4) is 24.0 Å². The van der Waals surface area contributed by atoms with E-state index in [2.05, 4.69) is 171 Å². The van der Waals surface area contributed by atoms with Crippen molar-refractivity contribution < 1.29 is 0 Å². The Morgan fingerprint density at radius 3 is 2.04 bits per heavy atom. The van der Waals surface area contributed by atoms with Gasteiger partial charge in [0.2, 0.25) is 0 Å². The first kappa shape index (κ1) is 34.6. The predicted octanol–water partition coefficient (Wildman–Crippen LogP) is 13.0. The van der Waals surface area contributed by atoms with Crippen molar-refractivity contribution in [3.05, 3.63) is 185 Å². The Kier molecular flexibility index (Phi) is 11.9. The van der Waals surface area contributed by atoms with Gasteiger partial charge >= 0.3 is 0 Å². The Balaban J connectivity index is 0.00000113. The van der Waals surface area contributed by atoms with Crippen LogP contribution in [0.4, 0.5) is 0 Å². The average Bonchev–Trinajstić information content (AvgIpc) is 3.18. The number of aryl methyl sites for hydroxylation is 1. The lowest BCUT2D eigenvalue weighted by molar-refractivity contribution is 0.875. The number of nitrogens with one attached hydrogen (secondary N) is 1. The standard InChI is InChI=1S/C44H37N.C2H6.C2H2/c1-31-12-2-3-14-33(31)27-26-32-13-8-19-36(28-32)43(30-44(45)42-25-11-18-35-16-5-7-23-40(35)42)38-21-9-20-37(29-38)41-24-10-17-34-15-4-6-22-39(34)41;2*1-2/h3-11,13-25,28-30,45H,2,12,26-27H2,1H3;1-2H3;1-2H/b43-30-,45-44?;;. The van der Waals surface area contributed by atoms with Gasteiger partial charge in [-0.3, -0.25) is 0 Å². The molecule has 0 fully saturated rings. The van der Waals surface area contributed by atoms with Gasteiger partial charge in [0.05, 0.1) is 5.71 Å². The fourth-order valence-corrected chi connectivity index (χ4v) is 6.65. The smallest absolute Gasteiger partial charge is 0.0624 e. The Labute approximate surface area is 292 Å². The molecule has 1 N–H and O–H groups in total. The minimum atomic E-state index is 0.510. The molecule has 0 aliphatic heterocycles. The molecule has 0 atom stereocenters. The zero-order chi connectivity index (χ0) is 34.6. The Morgan fingerprint density at radius 1 is 0.673 bits per heavy atom. The molecule has 49 heavy (non-hydrogen) atoms. The molecule has 0 radical (unpaired) electrons. The summed E-state index contributed by atoms with van der Waals surface area (Å²) in [5.41, 5.74) is 11.5. The molecule has 0 saturated heterocycles. The van der Waals surface area contributed by atoms with Gasteiger partial charge in [-0.2, -0.15) is 0 Å². The molecule has 1 aliphatic rings. The van der Waals surface area contributed by atoms with Crippen LogP contribution in [-0.2, 0) is 6.42 Å². The quantitative estimate of drug-likeness (QED) is 0.127. The molecule has 0 bridgehead atoms. The van der Waals surface area contributed by atoms with Crippen molar-refractivity contribution in [1.82, 2.24) is 0 Å². The van der Waals surface area contributed by atoms with Gasteiger partial charge in [-0.05, 0) is 105 Å². The molecule has 6 aromatic rings.